The van der Waals surface area contributed by atoms with Gasteiger partial charge >= 0.3 is 0 Å². The first kappa shape index (κ1) is 15.4. The molecule has 5 heteroatoms. The molecule has 2 rings (SSSR count). The van der Waals surface area contributed by atoms with Crippen LogP contribution in [0.4, 0.5) is 5.13 Å². The van der Waals surface area contributed by atoms with Crippen LogP contribution in [0.25, 0.3) is 0 Å². The van der Waals surface area contributed by atoms with E-state index in [9.17, 15) is 4.79 Å². The van der Waals surface area contributed by atoms with E-state index in [4.69, 9.17) is 0 Å². The first-order valence-electron chi connectivity index (χ1n) is 7.35. The number of thiazole rings is 1. The maximum Gasteiger partial charge on any atom is 0.232 e. The van der Waals surface area contributed by atoms with E-state index >= 15 is 0 Å². The van der Waals surface area contributed by atoms with Gasteiger partial charge in [0, 0.05) is 10.8 Å². The van der Waals surface area contributed by atoms with Gasteiger partial charge in [0.05, 0.1) is 11.1 Å². The largest absolute Gasteiger partial charge is 0.317 e. The highest BCUT2D eigenvalue weighted by Gasteiger charge is 2.38. The van der Waals surface area contributed by atoms with Crippen molar-refractivity contribution in [3.63, 3.8) is 0 Å². The fraction of sp³-hybridized carbons (Fsp3) is 0.733. The molecule has 1 amide bonds. The Morgan fingerprint density at radius 2 is 2.10 bits per heavy atom. The molecule has 0 atom stereocenters. The highest BCUT2D eigenvalue weighted by atomic mass is 32.1. The van der Waals surface area contributed by atoms with Crippen molar-refractivity contribution in [2.75, 3.05) is 18.4 Å². The molecule has 1 aromatic heterocycles. The summed E-state index contributed by atoms with van der Waals surface area (Å²) in [4.78, 5) is 17.2. The van der Waals surface area contributed by atoms with Gasteiger partial charge in [-0.05, 0) is 32.4 Å². The van der Waals surface area contributed by atoms with Gasteiger partial charge in [0.25, 0.3) is 0 Å². The molecule has 1 fully saturated rings. The maximum atomic E-state index is 12.6. The van der Waals surface area contributed by atoms with Crippen LogP contribution in [0.15, 0.2) is 5.38 Å². The van der Waals surface area contributed by atoms with Crippen molar-refractivity contribution in [3.8, 4) is 0 Å². The summed E-state index contributed by atoms with van der Waals surface area (Å²) in [7, 11) is 0. The maximum absolute atomic E-state index is 12.6. The normalized spacial score (nSPS) is 18.8. The van der Waals surface area contributed by atoms with Crippen molar-refractivity contribution in [2.24, 2.45) is 5.41 Å². The zero-order chi connectivity index (χ0) is 14.8. The number of carbonyl (C=O) groups excluding carboxylic acids is 1. The molecule has 1 aliphatic heterocycles. The second-order valence-electron chi connectivity index (χ2n) is 6.63. The third kappa shape index (κ3) is 3.20. The number of carbonyl (C=O) groups is 1. The smallest absolute Gasteiger partial charge is 0.232 e. The van der Waals surface area contributed by atoms with E-state index in [1.807, 2.05) is 5.38 Å². The second-order valence-corrected chi connectivity index (χ2v) is 7.48. The summed E-state index contributed by atoms with van der Waals surface area (Å²) in [5.74, 6) is 0.135. The summed E-state index contributed by atoms with van der Waals surface area (Å²) in [6.07, 6.45) is 2.71. The molecule has 0 aromatic carbocycles. The Labute approximate surface area is 125 Å². The lowest BCUT2D eigenvalue weighted by atomic mass is 9.76. The lowest BCUT2D eigenvalue weighted by Gasteiger charge is -2.34. The molecule has 0 radical (unpaired) electrons. The summed E-state index contributed by atoms with van der Waals surface area (Å²) < 4.78 is 0. The molecule has 0 bridgehead atoms. The van der Waals surface area contributed by atoms with E-state index in [0.29, 0.717) is 0 Å². The van der Waals surface area contributed by atoms with Gasteiger partial charge < -0.3 is 10.6 Å². The topological polar surface area (TPSA) is 54.0 Å². The SMILES string of the molecule is CCC1(C(=O)Nc2nc(C(C)(C)C)cs2)CCNCC1. The number of anilines is 1. The van der Waals surface area contributed by atoms with Gasteiger partial charge in [-0.1, -0.05) is 27.7 Å². The van der Waals surface area contributed by atoms with Crippen molar-refractivity contribution >= 4 is 22.4 Å². The van der Waals surface area contributed by atoms with Crippen molar-refractivity contribution in [3.05, 3.63) is 11.1 Å². The van der Waals surface area contributed by atoms with E-state index in [0.717, 1.165) is 43.2 Å². The highest BCUT2D eigenvalue weighted by Crippen LogP contribution is 2.35. The van der Waals surface area contributed by atoms with Crippen LogP contribution in [0.3, 0.4) is 0 Å². The molecule has 1 aromatic rings. The van der Waals surface area contributed by atoms with Crippen molar-refractivity contribution in [1.29, 1.82) is 0 Å². The Hall–Kier alpha value is -0.940. The number of piperidine rings is 1. The van der Waals surface area contributed by atoms with E-state index in [1.54, 1.807) is 0 Å². The molecular weight excluding hydrogens is 270 g/mol. The van der Waals surface area contributed by atoms with Crippen LogP contribution in [0.2, 0.25) is 0 Å². The minimum Gasteiger partial charge on any atom is -0.317 e. The monoisotopic (exact) mass is 295 g/mol. The Bertz CT molecular complexity index is 470. The van der Waals surface area contributed by atoms with Gasteiger partial charge in [0.15, 0.2) is 5.13 Å². The molecule has 2 heterocycles. The number of hydrogen-bond acceptors (Lipinski definition) is 4. The zero-order valence-corrected chi connectivity index (χ0v) is 13.7. The molecule has 1 saturated heterocycles. The first-order chi connectivity index (χ1) is 9.37. The molecule has 0 spiro atoms. The van der Waals surface area contributed by atoms with Crippen molar-refractivity contribution < 1.29 is 4.79 Å². The minimum atomic E-state index is -0.223. The predicted octanol–water partition coefficient (Wildman–Crippen LogP) is 3.16. The van der Waals surface area contributed by atoms with Crippen LogP contribution >= 0.6 is 11.3 Å². The van der Waals surface area contributed by atoms with Gasteiger partial charge in [0.2, 0.25) is 5.91 Å². The standard InChI is InChI=1S/C15H25N3OS/c1-5-15(6-8-16-9-7-15)12(19)18-13-17-11(10-20-13)14(2,3)4/h10,16H,5-9H2,1-4H3,(H,17,18,19). The molecule has 0 unspecified atom stereocenters. The van der Waals surface area contributed by atoms with Crippen molar-refractivity contribution in [2.45, 2.75) is 52.4 Å². The van der Waals surface area contributed by atoms with Crippen LogP contribution in [-0.2, 0) is 10.2 Å². The molecule has 112 valence electrons. The Morgan fingerprint density at radius 1 is 1.45 bits per heavy atom. The summed E-state index contributed by atoms with van der Waals surface area (Å²) in [5.41, 5.74) is 0.837. The molecular formula is C15H25N3OS. The fourth-order valence-electron chi connectivity index (χ4n) is 2.55. The average Bonchev–Trinajstić information content (AvgIpc) is 2.88. The number of rotatable bonds is 3. The van der Waals surface area contributed by atoms with E-state index in [-0.39, 0.29) is 16.7 Å². The molecule has 2 N–H and O–H groups in total. The fourth-order valence-corrected chi connectivity index (χ4v) is 3.48. The quantitative estimate of drug-likeness (QED) is 0.900. The van der Waals surface area contributed by atoms with Crippen LogP contribution in [0.5, 0.6) is 0 Å². The third-order valence-electron chi connectivity index (χ3n) is 4.21. The van der Waals surface area contributed by atoms with Crippen LogP contribution in [-0.4, -0.2) is 24.0 Å². The molecule has 0 saturated carbocycles. The number of aromatic nitrogens is 1. The summed E-state index contributed by atoms with van der Waals surface area (Å²) in [6, 6.07) is 0. The lowest BCUT2D eigenvalue weighted by Crippen LogP contribution is -2.44. The minimum absolute atomic E-state index is 0.0245. The number of amides is 1. The summed E-state index contributed by atoms with van der Waals surface area (Å²) in [6.45, 7) is 10.3. The number of nitrogens with one attached hydrogen (secondary N) is 2. The Kier molecular flexibility index (Phi) is 4.49. The molecule has 20 heavy (non-hydrogen) atoms. The Balaban J connectivity index is 2.09. The van der Waals surface area contributed by atoms with Crippen LogP contribution < -0.4 is 10.6 Å². The lowest BCUT2D eigenvalue weighted by molar-refractivity contribution is -0.127. The summed E-state index contributed by atoms with van der Waals surface area (Å²) in [5, 5.41) is 9.13. The molecule has 1 aliphatic rings. The first-order valence-corrected chi connectivity index (χ1v) is 8.23. The summed E-state index contributed by atoms with van der Waals surface area (Å²) >= 11 is 1.52. The molecule has 4 nitrogen and oxygen atoms in total. The highest BCUT2D eigenvalue weighted by molar-refractivity contribution is 7.14. The van der Waals surface area contributed by atoms with Gasteiger partial charge in [-0.25, -0.2) is 4.98 Å². The number of nitrogens with zero attached hydrogens (tertiary/aromatic N) is 1. The third-order valence-corrected chi connectivity index (χ3v) is 4.97. The zero-order valence-electron chi connectivity index (χ0n) is 12.9. The van der Waals surface area contributed by atoms with Crippen LogP contribution in [0, 0.1) is 5.41 Å². The van der Waals surface area contributed by atoms with Crippen LogP contribution in [0.1, 0.15) is 52.7 Å². The van der Waals surface area contributed by atoms with Gasteiger partial charge in [-0.2, -0.15) is 0 Å². The van der Waals surface area contributed by atoms with E-state index < -0.39 is 0 Å². The molecule has 0 aliphatic carbocycles. The van der Waals surface area contributed by atoms with E-state index in [2.05, 4.69) is 43.3 Å². The van der Waals surface area contributed by atoms with Gasteiger partial charge in [-0.15, -0.1) is 11.3 Å². The van der Waals surface area contributed by atoms with Gasteiger partial charge in [0.1, 0.15) is 0 Å². The van der Waals surface area contributed by atoms with Crippen molar-refractivity contribution in [1.82, 2.24) is 10.3 Å². The number of hydrogen-bond donors (Lipinski definition) is 2. The van der Waals surface area contributed by atoms with Gasteiger partial charge in [-0.3, -0.25) is 4.79 Å². The predicted molar refractivity (Wildman–Crippen MR) is 84.3 cm³/mol. The Morgan fingerprint density at radius 3 is 2.60 bits per heavy atom. The average molecular weight is 295 g/mol. The second kappa shape index (κ2) is 5.82. The van der Waals surface area contributed by atoms with E-state index in [1.165, 1.54) is 11.3 Å².